The zero-order valence-electron chi connectivity index (χ0n) is 5.14. The van der Waals surface area contributed by atoms with Crippen molar-refractivity contribution in [3.05, 3.63) is 30.7 Å². The van der Waals surface area contributed by atoms with E-state index in [0.717, 1.165) is 5.65 Å². The zero-order chi connectivity index (χ0) is 6.10. The van der Waals surface area contributed by atoms with Crippen LogP contribution >= 0.6 is 24.0 Å². The van der Waals surface area contributed by atoms with Crippen molar-refractivity contribution >= 4 is 29.6 Å². The Bertz CT molecular complexity index is 287. The van der Waals surface area contributed by atoms with Gasteiger partial charge in [-0.3, -0.25) is 0 Å². The van der Waals surface area contributed by atoms with Gasteiger partial charge in [-0.2, -0.15) is 5.10 Å². The number of aromatic nitrogens is 3. The molecule has 0 bridgehead atoms. The number of imidazole rings is 1. The normalized spacial score (nSPS) is 9.20. The minimum atomic E-state index is 0. The van der Waals surface area contributed by atoms with Crippen LogP contribution in [0.15, 0.2) is 30.7 Å². The molecule has 0 fully saturated rings. The summed E-state index contributed by atoms with van der Waals surface area (Å²) in [7, 11) is 0. The van der Waals surface area contributed by atoms with Crippen molar-refractivity contribution in [2.24, 2.45) is 0 Å². The van der Waals surface area contributed by atoms with Crippen molar-refractivity contribution in [2.75, 3.05) is 0 Å². The Morgan fingerprint density at radius 2 is 2.20 bits per heavy atom. The number of hydrogen-bond acceptors (Lipinski definition) is 2. The Hall–Kier alpha value is -0.650. The molecule has 0 aliphatic carbocycles. The van der Waals surface area contributed by atoms with Crippen molar-refractivity contribution in [1.82, 2.24) is 14.6 Å². The largest absolute Gasteiger partial charge is 0.236 e. The van der Waals surface area contributed by atoms with Gasteiger partial charge in [-0.05, 0) is 12.1 Å². The number of halogens is 1. The van der Waals surface area contributed by atoms with Gasteiger partial charge in [0.2, 0.25) is 0 Å². The molecule has 0 radical (unpaired) electrons. The van der Waals surface area contributed by atoms with E-state index >= 15 is 0 Å². The second-order valence-electron chi connectivity index (χ2n) is 1.75. The summed E-state index contributed by atoms with van der Waals surface area (Å²) in [5, 5.41) is 4.00. The fourth-order valence-corrected chi connectivity index (χ4v) is 0.765. The minimum absolute atomic E-state index is 0. The zero-order valence-corrected chi connectivity index (χ0v) is 7.47. The molecule has 0 N–H and O–H groups in total. The third-order valence-electron chi connectivity index (χ3n) is 1.17. The van der Waals surface area contributed by atoms with Gasteiger partial charge in [0.15, 0.2) is 5.65 Å². The van der Waals surface area contributed by atoms with Gasteiger partial charge in [0.1, 0.15) is 0 Å². The van der Waals surface area contributed by atoms with Gasteiger partial charge in [-0.15, -0.1) is 24.0 Å². The number of hydrogen-bond donors (Lipinski definition) is 0. The molecule has 0 unspecified atom stereocenters. The van der Waals surface area contributed by atoms with Crippen molar-refractivity contribution in [1.29, 1.82) is 0 Å². The van der Waals surface area contributed by atoms with Crippen LogP contribution in [-0.2, 0) is 0 Å². The SMILES string of the molecule is I.c1cnn2ccnc2c1. The van der Waals surface area contributed by atoms with Gasteiger partial charge in [0, 0.05) is 18.6 Å². The second kappa shape index (κ2) is 2.96. The molecule has 2 heterocycles. The standard InChI is InChI=1S/C6H5N3.HI/c1-2-6-7-4-5-9(6)8-3-1;/h1-5H;1H. The molecule has 0 amide bonds. The fraction of sp³-hybridized carbons (Fsp3) is 0. The van der Waals surface area contributed by atoms with Crippen LogP contribution in [0.25, 0.3) is 5.65 Å². The lowest BCUT2D eigenvalue weighted by Crippen LogP contribution is -1.85. The van der Waals surface area contributed by atoms with Crippen LogP contribution in [-0.4, -0.2) is 14.6 Å². The predicted molar refractivity (Wildman–Crippen MR) is 48.4 cm³/mol. The molecule has 0 aromatic carbocycles. The summed E-state index contributed by atoms with van der Waals surface area (Å²) in [6.45, 7) is 0. The molecule has 0 saturated carbocycles. The molecule has 0 spiro atoms. The molecule has 0 aliphatic rings. The van der Waals surface area contributed by atoms with Crippen LogP contribution in [0.3, 0.4) is 0 Å². The molecular weight excluding hydrogens is 241 g/mol. The Morgan fingerprint density at radius 1 is 1.30 bits per heavy atom. The molecule has 0 atom stereocenters. The van der Waals surface area contributed by atoms with E-state index in [1.165, 1.54) is 0 Å². The van der Waals surface area contributed by atoms with Gasteiger partial charge < -0.3 is 0 Å². The van der Waals surface area contributed by atoms with E-state index in [2.05, 4.69) is 10.1 Å². The summed E-state index contributed by atoms with van der Waals surface area (Å²) < 4.78 is 1.72. The molecule has 2 aromatic rings. The van der Waals surface area contributed by atoms with Crippen LogP contribution in [0.5, 0.6) is 0 Å². The van der Waals surface area contributed by atoms with Crippen LogP contribution in [0.4, 0.5) is 0 Å². The molecule has 0 aliphatic heterocycles. The lowest BCUT2D eigenvalue weighted by Gasteiger charge is -1.85. The highest BCUT2D eigenvalue weighted by molar-refractivity contribution is 14.0. The number of fused-ring (bicyclic) bond motifs is 1. The second-order valence-corrected chi connectivity index (χ2v) is 1.75. The average molecular weight is 247 g/mol. The summed E-state index contributed by atoms with van der Waals surface area (Å²) in [6.07, 6.45) is 5.27. The molecular formula is C6H6IN3. The fourth-order valence-electron chi connectivity index (χ4n) is 0.765. The van der Waals surface area contributed by atoms with Crippen LogP contribution in [0.2, 0.25) is 0 Å². The highest BCUT2D eigenvalue weighted by Crippen LogP contribution is 1.93. The van der Waals surface area contributed by atoms with Crippen molar-refractivity contribution in [2.45, 2.75) is 0 Å². The van der Waals surface area contributed by atoms with Gasteiger partial charge in [-0.25, -0.2) is 9.50 Å². The van der Waals surface area contributed by atoms with Crippen molar-refractivity contribution in [3.63, 3.8) is 0 Å². The van der Waals surface area contributed by atoms with Crippen molar-refractivity contribution in [3.8, 4) is 0 Å². The minimum Gasteiger partial charge on any atom is -0.236 e. The van der Waals surface area contributed by atoms with Crippen LogP contribution < -0.4 is 0 Å². The maximum absolute atomic E-state index is 4.02. The highest BCUT2D eigenvalue weighted by atomic mass is 127. The van der Waals surface area contributed by atoms with Crippen LogP contribution in [0, 0.1) is 0 Å². The lowest BCUT2D eigenvalue weighted by atomic mass is 10.6. The Labute approximate surface area is 75.1 Å². The number of nitrogens with zero attached hydrogens (tertiary/aromatic N) is 3. The maximum atomic E-state index is 4.02. The quantitative estimate of drug-likeness (QED) is 0.658. The summed E-state index contributed by atoms with van der Waals surface area (Å²) in [5.74, 6) is 0. The summed E-state index contributed by atoms with van der Waals surface area (Å²) >= 11 is 0. The van der Waals surface area contributed by atoms with Gasteiger partial charge >= 0.3 is 0 Å². The van der Waals surface area contributed by atoms with E-state index in [1.54, 1.807) is 16.9 Å². The molecule has 52 valence electrons. The monoisotopic (exact) mass is 247 g/mol. The first kappa shape index (κ1) is 7.46. The van der Waals surface area contributed by atoms with Gasteiger partial charge in [-0.1, -0.05) is 0 Å². The van der Waals surface area contributed by atoms with E-state index in [4.69, 9.17) is 0 Å². The predicted octanol–water partition coefficient (Wildman–Crippen LogP) is 1.35. The Balaban J connectivity index is 0.000000500. The van der Waals surface area contributed by atoms with E-state index in [0.29, 0.717) is 0 Å². The first-order valence-corrected chi connectivity index (χ1v) is 2.71. The third-order valence-corrected chi connectivity index (χ3v) is 1.17. The van der Waals surface area contributed by atoms with Crippen molar-refractivity contribution < 1.29 is 0 Å². The molecule has 2 aromatic heterocycles. The topological polar surface area (TPSA) is 30.2 Å². The van der Waals surface area contributed by atoms with E-state index in [9.17, 15) is 0 Å². The highest BCUT2D eigenvalue weighted by Gasteiger charge is 1.86. The number of rotatable bonds is 0. The lowest BCUT2D eigenvalue weighted by molar-refractivity contribution is 0.936. The smallest absolute Gasteiger partial charge is 0.153 e. The summed E-state index contributed by atoms with van der Waals surface area (Å²) in [6, 6.07) is 3.77. The third kappa shape index (κ3) is 1.11. The maximum Gasteiger partial charge on any atom is 0.153 e. The van der Waals surface area contributed by atoms with Gasteiger partial charge in [0.25, 0.3) is 0 Å². The molecule has 3 nitrogen and oxygen atoms in total. The first-order valence-electron chi connectivity index (χ1n) is 2.71. The van der Waals surface area contributed by atoms with E-state index in [-0.39, 0.29) is 24.0 Å². The Kier molecular flexibility index (Phi) is 2.21. The summed E-state index contributed by atoms with van der Waals surface area (Å²) in [4.78, 5) is 4.02. The van der Waals surface area contributed by atoms with E-state index < -0.39 is 0 Å². The molecule has 10 heavy (non-hydrogen) atoms. The molecule has 4 heteroatoms. The van der Waals surface area contributed by atoms with E-state index in [1.807, 2.05) is 18.3 Å². The van der Waals surface area contributed by atoms with Crippen LogP contribution in [0.1, 0.15) is 0 Å². The average Bonchev–Trinajstić information content (AvgIpc) is 2.33. The molecule has 0 saturated heterocycles. The summed E-state index contributed by atoms with van der Waals surface area (Å²) in [5.41, 5.74) is 0.887. The van der Waals surface area contributed by atoms with Gasteiger partial charge in [0.05, 0.1) is 0 Å². The first-order chi connectivity index (χ1) is 4.47. The molecule has 2 rings (SSSR count). The Morgan fingerprint density at radius 3 is 3.00 bits per heavy atom.